The molecule has 1 aromatic heterocycles. The molecular formula is C11H17N5. The summed E-state index contributed by atoms with van der Waals surface area (Å²) in [5.41, 5.74) is 0.921. The average Bonchev–Trinajstić information content (AvgIpc) is 2.29. The minimum absolute atomic E-state index is 0.506. The second kappa shape index (κ2) is 5.91. The lowest BCUT2D eigenvalue weighted by molar-refractivity contribution is 0.806. The Labute approximate surface area is 96.1 Å². The molecule has 1 N–H and O–H groups in total. The van der Waals surface area contributed by atoms with Gasteiger partial charge in [-0.05, 0) is 13.8 Å². The summed E-state index contributed by atoms with van der Waals surface area (Å²) >= 11 is 0. The molecule has 0 atom stereocenters. The highest BCUT2D eigenvalue weighted by atomic mass is 15.2. The van der Waals surface area contributed by atoms with Gasteiger partial charge in [0.05, 0.1) is 12.5 Å². The fraction of sp³-hybridized carbons (Fsp3) is 0.545. The fourth-order valence-electron chi connectivity index (χ4n) is 1.45. The first-order valence-electron chi connectivity index (χ1n) is 5.36. The SMILES string of the molecule is CCN(CCC#N)c1cc(C)nc(NC)n1. The number of nitrogens with zero attached hydrogens (tertiary/aromatic N) is 4. The van der Waals surface area contributed by atoms with Crippen LogP contribution in [0.15, 0.2) is 6.07 Å². The minimum atomic E-state index is 0.506. The summed E-state index contributed by atoms with van der Waals surface area (Å²) in [4.78, 5) is 10.7. The smallest absolute Gasteiger partial charge is 0.224 e. The minimum Gasteiger partial charge on any atom is -0.357 e. The van der Waals surface area contributed by atoms with Gasteiger partial charge in [0.2, 0.25) is 5.95 Å². The van der Waals surface area contributed by atoms with E-state index >= 15 is 0 Å². The number of aromatic nitrogens is 2. The number of rotatable bonds is 5. The molecule has 0 amide bonds. The van der Waals surface area contributed by atoms with Gasteiger partial charge in [0.25, 0.3) is 0 Å². The third-order valence-electron chi connectivity index (χ3n) is 2.26. The van der Waals surface area contributed by atoms with Crippen LogP contribution < -0.4 is 10.2 Å². The molecule has 5 heteroatoms. The highest BCUT2D eigenvalue weighted by molar-refractivity contribution is 5.44. The van der Waals surface area contributed by atoms with E-state index in [1.807, 2.05) is 19.9 Å². The van der Waals surface area contributed by atoms with Gasteiger partial charge in [-0.1, -0.05) is 0 Å². The van der Waals surface area contributed by atoms with Gasteiger partial charge < -0.3 is 10.2 Å². The number of anilines is 2. The molecule has 0 aromatic carbocycles. The molecule has 0 saturated carbocycles. The van der Waals surface area contributed by atoms with Crippen LogP contribution in [0.25, 0.3) is 0 Å². The molecule has 0 fully saturated rings. The number of hydrogen-bond acceptors (Lipinski definition) is 5. The molecule has 0 unspecified atom stereocenters. The van der Waals surface area contributed by atoms with E-state index in [1.165, 1.54) is 0 Å². The predicted octanol–water partition coefficient (Wildman–Crippen LogP) is 1.57. The maximum Gasteiger partial charge on any atom is 0.224 e. The van der Waals surface area contributed by atoms with Gasteiger partial charge in [0.1, 0.15) is 5.82 Å². The van der Waals surface area contributed by atoms with Gasteiger partial charge in [-0.25, -0.2) is 4.98 Å². The lowest BCUT2D eigenvalue weighted by atomic mass is 10.3. The molecular weight excluding hydrogens is 202 g/mol. The van der Waals surface area contributed by atoms with Gasteiger partial charge in [-0.3, -0.25) is 0 Å². The number of hydrogen-bond donors (Lipinski definition) is 1. The zero-order chi connectivity index (χ0) is 12.0. The molecule has 1 aromatic rings. The number of nitrogens with one attached hydrogen (secondary N) is 1. The van der Waals surface area contributed by atoms with Crippen LogP contribution in [0.4, 0.5) is 11.8 Å². The van der Waals surface area contributed by atoms with Crippen LogP contribution in [0.3, 0.4) is 0 Å². The van der Waals surface area contributed by atoms with Crippen molar-refractivity contribution in [3.8, 4) is 6.07 Å². The van der Waals surface area contributed by atoms with E-state index in [1.54, 1.807) is 7.05 Å². The zero-order valence-corrected chi connectivity index (χ0v) is 9.99. The standard InChI is InChI=1S/C11H17N5/c1-4-16(7-5-6-12)10-8-9(2)14-11(13-3)15-10/h8H,4-5,7H2,1-3H3,(H,13,14,15). The third kappa shape index (κ3) is 3.09. The molecule has 86 valence electrons. The van der Waals surface area contributed by atoms with Crippen LogP contribution in [-0.4, -0.2) is 30.1 Å². The average molecular weight is 219 g/mol. The van der Waals surface area contributed by atoms with Crippen LogP contribution in [0, 0.1) is 18.3 Å². The molecule has 0 saturated heterocycles. The molecule has 0 radical (unpaired) electrons. The Morgan fingerprint density at radius 1 is 1.50 bits per heavy atom. The summed E-state index contributed by atoms with van der Waals surface area (Å²) in [6.07, 6.45) is 0.506. The molecule has 1 rings (SSSR count). The summed E-state index contributed by atoms with van der Waals surface area (Å²) in [5.74, 6) is 1.49. The van der Waals surface area contributed by atoms with Crippen LogP contribution in [0.1, 0.15) is 19.0 Å². The maximum absolute atomic E-state index is 8.59. The lowest BCUT2D eigenvalue weighted by Crippen LogP contribution is -2.25. The van der Waals surface area contributed by atoms with E-state index in [-0.39, 0.29) is 0 Å². The van der Waals surface area contributed by atoms with Crippen molar-refractivity contribution in [2.24, 2.45) is 0 Å². The summed E-state index contributed by atoms with van der Waals surface area (Å²) in [5, 5.41) is 11.5. The second-order valence-corrected chi connectivity index (χ2v) is 3.43. The Morgan fingerprint density at radius 2 is 2.25 bits per heavy atom. The topological polar surface area (TPSA) is 64.8 Å². The largest absolute Gasteiger partial charge is 0.357 e. The Morgan fingerprint density at radius 3 is 2.81 bits per heavy atom. The van der Waals surface area contributed by atoms with Crippen molar-refractivity contribution in [2.45, 2.75) is 20.3 Å². The normalized spacial score (nSPS) is 9.62. The Kier molecular flexibility index (Phi) is 4.52. The van der Waals surface area contributed by atoms with Gasteiger partial charge in [-0.2, -0.15) is 10.2 Å². The van der Waals surface area contributed by atoms with E-state index in [2.05, 4.69) is 26.3 Å². The second-order valence-electron chi connectivity index (χ2n) is 3.43. The van der Waals surface area contributed by atoms with Crippen molar-refractivity contribution >= 4 is 11.8 Å². The highest BCUT2D eigenvalue weighted by Crippen LogP contribution is 2.14. The highest BCUT2D eigenvalue weighted by Gasteiger charge is 2.07. The van der Waals surface area contributed by atoms with Crippen molar-refractivity contribution in [3.63, 3.8) is 0 Å². The monoisotopic (exact) mass is 219 g/mol. The molecule has 0 aliphatic rings. The lowest BCUT2D eigenvalue weighted by Gasteiger charge is -2.21. The number of nitriles is 1. The predicted molar refractivity (Wildman–Crippen MR) is 64.4 cm³/mol. The zero-order valence-electron chi connectivity index (χ0n) is 9.99. The van der Waals surface area contributed by atoms with Gasteiger partial charge in [0, 0.05) is 31.9 Å². The molecule has 5 nitrogen and oxygen atoms in total. The maximum atomic E-state index is 8.59. The summed E-state index contributed by atoms with van der Waals surface area (Å²) in [6.45, 7) is 5.52. The van der Waals surface area contributed by atoms with E-state index in [4.69, 9.17) is 5.26 Å². The molecule has 1 heterocycles. The summed E-state index contributed by atoms with van der Waals surface area (Å²) in [7, 11) is 1.80. The first kappa shape index (κ1) is 12.2. The Hall–Kier alpha value is -1.83. The van der Waals surface area contributed by atoms with Crippen LogP contribution in [0.5, 0.6) is 0 Å². The first-order valence-corrected chi connectivity index (χ1v) is 5.36. The van der Waals surface area contributed by atoms with Crippen molar-refractivity contribution in [3.05, 3.63) is 11.8 Å². The first-order chi connectivity index (χ1) is 7.71. The molecule has 0 aliphatic heterocycles. The Balaban J connectivity index is 2.91. The van der Waals surface area contributed by atoms with Crippen molar-refractivity contribution in [1.29, 1.82) is 5.26 Å². The Bertz CT molecular complexity index is 382. The van der Waals surface area contributed by atoms with Crippen molar-refractivity contribution in [2.75, 3.05) is 30.4 Å². The van der Waals surface area contributed by atoms with Crippen molar-refractivity contribution in [1.82, 2.24) is 9.97 Å². The molecule has 0 bridgehead atoms. The van der Waals surface area contributed by atoms with Gasteiger partial charge in [-0.15, -0.1) is 0 Å². The van der Waals surface area contributed by atoms with Crippen LogP contribution in [0.2, 0.25) is 0 Å². The van der Waals surface area contributed by atoms with E-state index in [9.17, 15) is 0 Å². The molecule has 0 aliphatic carbocycles. The van der Waals surface area contributed by atoms with Gasteiger partial charge >= 0.3 is 0 Å². The van der Waals surface area contributed by atoms with E-state index in [0.29, 0.717) is 18.9 Å². The third-order valence-corrected chi connectivity index (χ3v) is 2.26. The van der Waals surface area contributed by atoms with E-state index < -0.39 is 0 Å². The molecule has 16 heavy (non-hydrogen) atoms. The fourth-order valence-corrected chi connectivity index (χ4v) is 1.45. The van der Waals surface area contributed by atoms with Crippen LogP contribution in [-0.2, 0) is 0 Å². The quantitative estimate of drug-likeness (QED) is 0.814. The van der Waals surface area contributed by atoms with Gasteiger partial charge in [0.15, 0.2) is 0 Å². The molecule has 0 spiro atoms. The van der Waals surface area contributed by atoms with Crippen LogP contribution >= 0.6 is 0 Å². The van der Waals surface area contributed by atoms with Crippen molar-refractivity contribution < 1.29 is 0 Å². The van der Waals surface area contributed by atoms with E-state index in [0.717, 1.165) is 18.1 Å². The summed E-state index contributed by atoms with van der Waals surface area (Å²) in [6, 6.07) is 4.08. The summed E-state index contributed by atoms with van der Waals surface area (Å²) < 4.78 is 0. The number of aryl methyl sites for hydroxylation is 1.